The largest absolute Gasteiger partial charge is 0.484 e. The molecule has 146 valence electrons. The maximum absolute atomic E-state index is 12.3. The summed E-state index contributed by atoms with van der Waals surface area (Å²) in [5.41, 5.74) is 0.684. The molecule has 9 heteroatoms. The lowest BCUT2D eigenvalue weighted by Gasteiger charge is -2.35. The molecule has 1 N–H and O–H groups in total. The zero-order valence-corrected chi connectivity index (χ0v) is 15.3. The van der Waals surface area contributed by atoms with Crippen molar-refractivity contribution in [2.45, 2.75) is 38.3 Å². The average molecular weight is 402 g/mol. The number of rotatable bonds is 6. The number of nitrogens with zero attached hydrogens (tertiary/aromatic N) is 2. The van der Waals surface area contributed by atoms with Crippen LogP contribution in [-0.4, -0.2) is 36.1 Å². The molecule has 0 bridgehead atoms. The van der Waals surface area contributed by atoms with Crippen molar-refractivity contribution in [2.75, 3.05) is 6.61 Å². The van der Waals surface area contributed by atoms with E-state index in [0.717, 1.165) is 12.8 Å². The fourth-order valence-corrected chi connectivity index (χ4v) is 3.06. The Morgan fingerprint density at radius 3 is 2.81 bits per heavy atom. The van der Waals surface area contributed by atoms with Crippen LogP contribution in [0.5, 0.6) is 5.75 Å². The molecule has 1 aliphatic carbocycles. The van der Waals surface area contributed by atoms with Crippen LogP contribution in [0, 0.1) is 5.92 Å². The topological polar surface area (TPSA) is 53.9 Å². The Morgan fingerprint density at radius 2 is 2.19 bits per heavy atom. The summed E-state index contributed by atoms with van der Waals surface area (Å²) in [6, 6.07) is 4.14. The molecule has 0 saturated heterocycles. The molecule has 2 unspecified atom stereocenters. The van der Waals surface area contributed by atoms with E-state index in [1.807, 2.05) is 11.8 Å². The molecule has 1 aromatic carbocycles. The van der Waals surface area contributed by atoms with Crippen LogP contribution >= 0.6 is 11.6 Å². The quantitative estimate of drug-likeness (QED) is 0.782. The first-order chi connectivity index (χ1) is 12.7. The highest BCUT2D eigenvalue weighted by Gasteiger charge is 2.33. The standard InChI is InChI=1S/C18H19ClF3N3O2/c1-11(14-6-5-13(9-15(14)19)27-10-18(20,21)22)25-8-2-7-23-17(25)24-16(26)12-3-4-12/h2,5-9,11-12,17H,3-4,10H2,1H3,(H,24,26). The predicted molar refractivity (Wildman–Crippen MR) is 95.5 cm³/mol. The second-order valence-electron chi connectivity index (χ2n) is 6.51. The third kappa shape index (κ3) is 5.15. The van der Waals surface area contributed by atoms with Gasteiger partial charge in [-0.2, -0.15) is 13.2 Å². The van der Waals surface area contributed by atoms with Gasteiger partial charge in [0.25, 0.3) is 0 Å². The Balaban J connectivity index is 1.71. The van der Waals surface area contributed by atoms with Crippen LogP contribution in [0.25, 0.3) is 0 Å². The van der Waals surface area contributed by atoms with Gasteiger partial charge in [-0.05, 0) is 43.5 Å². The molecule has 0 radical (unpaired) electrons. The van der Waals surface area contributed by atoms with Crippen LogP contribution in [0.3, 0.4) is 0 Å². The van der Waals surface area contributed by atoms with Gasteiger partial charge in [0, 0.05) is 23.4 Å². The van der Waals surface area contributed by atoms with Crippen LogP contribution in [0.15, 0.2) is 35.5 Å². The minimum Gasteiger partial charge on any atom is -0.484 e. The van der Waals surface area contributed by atoms with Crippen molar-refractivity contribution >= 4 is 23.7 Å². The lowest BCUT2D eigenvalue weighted by atomic mass is 10.1. The molecule has 3 rings (SSSR count). The van der Waals surface area contributed by atoms with Gasteiger partial charge in [0.2, 0.25) is 5.91 Å². The SMILES string of the molecule is CC(c1ccc(OCC(F)(F)F)cc1Cl)N1C=CC=NC1NC(=O)C1CC1. The van der Waals surface area contributed by atoms with Crippen molar-refractivity contribution in [1.29, 1.82) is 0 Å². The predicted octanol–water partition coefficient (Wildman–Crippen LogP) is 4.05. The normalized spacial score (nSPS) is 20.5. The van der Waals surface area contributed by atoms with Gasteiger partial charge >= 0.3 is 6.18 Å². The van der Waals surface area contributed by atoms with E-state index < -0.39 is 19.1 Å². The summed E-state index contributed by atoms with van der Waals surface area (Å²) in [6.07, 6.45) is 1.94. The van der Waals surface area contributed by atoms with E-state index in [1.54, 1.807) is 24.6 Å². The summed E-state index contributed by atoms with van der Waals surface area (Å²) in [7, 11) is 0. The minimum atomic E-state index is -4.41. The molecule has 27 heavy (non-hydrogen) atoms. The molecular formula is C18H19ClF3N3O2. The highest BCUT2D eigenvalue weighted by molar-refractivity contribution is 6.31. The van der Waals surface area contributed by atoms with Crippen LogP contribution in [-0.2, 0) is 4.79 Å². The van der Waals surface area contributed by atoms with E-state index in [-0.39, 0.29) is 28.6 Å². The van der Waals surface area contributed by atoms with Gasteiger partial charge in [-0.3, -0.25) is 4.79 Å². The van der Waals surface area contributed by atoms with Crippen LogP contribution < -0.4 is 10.1 Å². The summed E-state index contributed by atoms with van der Waals surface area (Å²) >= 11 is 6.27. The number of halogens is 4. The number of alkyl halides is 3. The first kappa shape index (κ1) is 19.5. The smallest absolute Gasteiger partial charge is 0.422 e. The highest BCUT2D eigenvalue weighted by atomic mass is 35.5. The molecule has 1 amide bonds. The summed E-state index contributed by atoms with van der Waals surface area (Å²) < 4.78 is 41.6. The van der Waals surface area contributed by atoms with Crippen molar-refractivity contribution in [3.05, 3.63) is 41.1 Å². The number of ether oxygens (including phenoxy) is 1. The third-order valence-corrected chi connectivity index (χ3v) is 4.67. The van der Waals surface area contributed by atoms with Crippen LogP contribution in [0.1, 0.15) is 31.4 Å². The van der Waals surface area contributed by atoms with Crippen molar-refractivity contribution < 1.29 is 22.7 Å². The number of benzene rings is 1. The molecule has 0 aromatic heterocycles. The number of carbonyl (C=O) groups is 1. The van der Waals surface area contributed by atoms with E-state index in [9.17, 15) is 18.0 Å². The summed E-state index contributed by atoms with van der Waals surface area (Å²) in [5.74, 6) is 0.0580. The fraction of sp³-hybridized carbons (Fsp3) is 0.444. The Hall–Kier alpha value is -2.22. The maximum Gasteiger partial charge on any atom is 0.422 e. The number of nitrogens with one attached hydrogen (secondary N) is 1. The summed E-state index contributed by atoms with van der Waals surface area (Å²) in [4.78, 5) is 18.2. The molecule has 2 atom stereocenters. The molecule has 1 saturated carbocycles. The van der Waals surface area contributed by atoms with Gasteiger partial charge in [0.1, 0.15) is 5.75 Å². The van der Waals surface area contributed by atoms with E-state index in [0.29, 0.717) is 5.56 Å². The Bertz CT molecular complexity index is 763. The Kier molecular flexibility index (Phi) is 5.64. The third-order valence-electron chi connectivity index (χ3n) is 4.35. The second kappa shape index (κ2) is 7.80. The first-order valence-corrected chi connectivity index (χ1v) is 8.89. The number of carbonyl (C=O) groups excluding carboxylic acids is 1. The number of amides is 1. The Labute approximate surface area is 159 Å². The maximum atomic E-state index is 12.3. The lowest BCUT2D eigenvalue weighted by Crippen LogP contribution is -2.47. The van der Waals surface area contributed by atoms with Gasteiger partial charge in [0.05, 0.1) is 6.04 Å². The molecule has 1 aromatic rings. The van der Waals surface area contributed by atoms with Gasteiger partial charge < -0.3 is 15.0 Å². The van der Waals surface area contributed by atoms with Gasteiger partial charge in [-0.1, -0.05) is 17.7 Å². The van der Waals surface area contributed by atoms with E-state index in [2.05, 4.69) is 10.3 Å². The second-order valence-corrected chi connectivity index (χ2v) is 6.91. The highest BCUT2D eigenvalue weighted by Crippen LogP contribution is 2.33. The molecule has 0 spiro atoms. The van der Waals surface area contributed by atoms with Crippen molar-refractivity contribution in [3.63, 3.8) is 0 Å². The molecule has 1 aliphatic heterocycles. The zero-order valence-electron chi connectivity index (χ0n) is 14.5. The number of hydrogen-bond donors (Lipinski definition) is 1. The van der Waals surface area contributed by atoms with Crippen molar-refractivity contribution in [3.8, 4) is 5.75 Å². The van der Waals surface area contributed by atoms with E-state index >= 15 is 0 Å². The fourth-order valence-electron chi connectivity index (χ4n) is 2.73. The number of hydrogen-bond acceptors (Lipinski definition) is 4. The van der Waals surface area contributed by atoms with Gasteiger partial charge in [-0.15, -0.1) is 0 Å². The lowest BCUT2D eigenvalue weighted by molar-refractivity contribution is -0.153. The zero-order chi connectivity index (χ0) is 19.6. The molecular weight excluding hydrogens is 383 g/mol. The number of aliphatic imine (C=N–C) groups is 1. The van der Waals surface area contributed by atoms with Crippen LogP contribution in [0.2, 0.25) is 5.02 Å². The van der Waals surface area contributed by atoms with Crippen molar-refractivity contribution in [1.82, 2.24) is 10.2 Å². The molecule has 1 heterocycles. The van der Waals surface area contributed by atoms with Crippen molar-refractivity contribution in [2.24, 2.45) is 10.9 Å². The summed E-state index contributed by atoms with van der Waals surface area (Å²) in [5, 5.41) is 3.17. The van der Waals surface area contributed by atoms with Crippen LogP contribution in [0.4, 0.5) is 13.2 Å². The average Bonchev–Trinajstić information content (AvgIpc) is 3.44. The van der Waals surface area contributed by atoms with E-state index in [4.69, 9.17) is 16.3 Å². The molecule has 2 aliphatic rings. The minimum absolute atomic E-state index is 0.0355. The van der Waals surface area contributed by atoms with Gasteiger partial charge in [0.15, 0.2) is 12.9 Å². The summed E-state index contributed by atoms with van der Waals surface area (Å²) in [6.45, 7) is 0.496. The first-order valence-electron chi connectivity index (χ1n) is 8.51. The monoisotopic (exact) mass is 401 g/mol. The molecule has 5 nitrogen and oxygen atoms in total. The Morgan fingerprint density at radius 1 is 1.44 bits per heavy atom. The number of allylic oxidation sites excluding steroid dienone is 1. The van der Waals surface area contributed by atoms with Gasteiger partial charge in [-0.25, -0.2) is 4.99 Å². The molecule has 1 fully saturated rings. The van der Waals surface area contributed by atoms with E-state index in [1.165, 1.54) is 12.1 Å².